The summed E-state index contributed by atoms with van der Waals surface area (Å²) in [6, 6.07) is 1.51. The number of ether oxygens (including phenoxy) is 1. The molecule has 0 fully saturated rings. The Labute approximate surface area is 124 Å². The van der Waals surface area contributed by atoms with E-state index in [-0.39, 0.29) is 16.3 Å². The third-order valence-electron chi connectivity index (χ3n) is 3.34. The molecule has 20 heavy (non-hydrogen) atoms. The monoisotopic (exact) mass is 297 g/mol. The molecule has 1 rings (SSSR count). The molecular weight excluding hydrogens is 274 g/mol. The maximum absolute atomic E-state index is 12.2. The van der Waals surface area contributed by atoms with E-state index in [0.717, 1.165) is 0 Å². The molecule has 0 bridgehead atoms. The number of esters is 1. The average molecular weight is 297 g/mol. The summed E-state index contributed by atoms with van der Waals surface area (Å²) >= 11 is 1.69. The summed E-state index contributed by atoms with van der Waals surface area (Å²) in [5.74, 6) is -0.363. The number of thioether (sulfide) groups is 1. The minimum absolute atomic E-state index is 0.0736. The zero-order valence-electron chi connectivity index (χ0n) is 13.1. The molecule has 1 aromatic rings. The molecule has 0 saturated carbocycles. The molecule has 0 amide bonds. The fourth-order valence-electron chi connectivity index (χ4n) is 2.07. The fraction of sp³-hybridized carbons (Fsp3) is 0.600. The van der Waals surface area contributed by atoms with E-state index in [9.17, 15) is 9.59 Å². The number of hydrogen-bond acceptors (Lipinski definition) is 4. The molecule has 0 saturated heterocycles. The van der Waals surface area contributed by atoms with Crippen LogP contribution in [-0.4, -0.2) is 28.1 Å². The second kappa shape index (κ2) is 6.48. The molecule has 112 valence electrons. The number of nitrogens with zero attached hydrogens (tertiary/aromatic N) is 1. The number of carbonyl (C=O) groups is 1. The van der Waals surface area contributed by atoms with Crippen molar-refractivity contribution in [1.29, 1.82) is 0 Å². The first kappa shape index (κ1) is 16.8. The second-order valence-corrected chi connectivity index (χ2v) is 6.91. The van der Waals surface area contributed by atoms with Gasteiger partial charge in [-0.1, -0.05) is 0 Å². The molecule has 0 radical (unpaired) electrons. The van der Waals surface area contributed by atoms with Gasteiger partial charge in [0.1, 0.15) is 0 Å². The molecule has 0 atom stereocenters. The highest BCUT2D eigenvalue weighted by Crippen LogP contribution is 2.24. The Morgan fingerprint density at radius 2 is 2.00 bits per heavy atom. The minimum Gasteiger partial charge on any atom is -0.462 e. The van der Waals surface area contributed by atoms with Crippen LogP contribution in [0, 0.1) is 13.8 Å². The average Bonchev–Trinajstić information content (AvgIpc) is 2.34. The van der Waals surface area contributed by atoms with Crippen LogP contribution in [0.25, 0.3) is 0 Å². The van der Waals surface area contributed by atoms with Crippen LogP contribution < -0.4 is 5.56 Å². The summed E-state index contributed by atoms with van der Waals surface area (Å²) in [5, 5.41) is 0. The van der Waals surface area contributed by atoms with Crippen molar-refractivity contribution in [2.24, 2.45) is 0 Å². The topological polar surface area (TPSA) is 48.3 Å². The van der Waals surface area contributed by atoms with Gasteiger partial charge in [-0.2, -0.15) is 11.8 Å². The van der Waals surface area contributed by atoms with Gasteiger partial charge in [-0.3, -0.25) is 4.79 Å². The summed E-state index contributed by atoms with van der Waals surface area (Å²) in [7, 11) is 0. The van der Waals surface area contributed by atoms with Gasteiger partial charge in [-0.05, 0) is 46.4 Å². The summed E-state index contributed by atoms with van der Waals surface area (Å²) in [4.78, 5) is 24.2. The molecule has 0 aliphatic carbocycles. The third kappa shape index (κ3) is 3.66. The Hall–Kier alpha value is -1.23. The summed E-state index contributed by atoms with van der Waals surface area (Å²) in [5.41, 5.74) is 1.78. The van der Waals surface area contributed by atoms with Gasteiger partial charge in [0.15, 0.2) is 0 Å². The van der Waals surface area contributed by atoms with Crippen molar-refractivity contribution in [3.63, 3.8) is 0 Å². The zero-order valence-corrected chi connectivity index (χ0v) is 13.9. The predicted octanol–water partition coefficient (Wildman–Crippen LogP) is 2.78. The zero-order chi connectivity index (χ0) is 15.5. The van der Waals surface area contributed by atoms with Gasteiger partial charge < -0.3 is 9.30 Å². The van der Waals surface area contributed by atoms with Crippen molar-refractivity contribution in [3.8, 4) is 0 Å². The first-order valence-corrected chi connectivity index (χ1v) is 7.89. The molecule has 0 aromatic carbocycles. The van der Waals surface area contributed by atoms with Crippen LogP contribution in [0.4, 0.5) is 0 Å². The van der Waals surface area contributed by atoms with Gasteiger partial charge in [0.25, 0.3) is 5.56 Å². The standard InChI is InChI=1S/C15H23NO3S/c1-7-19-14(18)13-10(2)8-12(17)16(11(13)3)9-15(4,5)20-6/h8H,7,9H2,1-6H3. The Morgan fingerprint density at radius 3 is 2.50 bits per heavy atom. The lowest BCUT2D eigenvalue weighted by Crippen LogP contribution is -2.33. The van der Waals surface area contributed by atoms with Gasteiger partial charge >= 0.3 is 5.97 Å². The molecule has 0 N–H and O–H groups in total. The number of pyridine rings is 1. The molecule has 0 unspecified atom stereocenters. The summed E-state index contributed by atoms with van der Waals surface area (Å²) in [6.07, 6.45) is 2.01. The van der Waals surface area contributed by atoms with Crippen LogP contribution in [-0.2, 0) is 11.3 Å². The fourth-order valence-corrected chi connectivity index (χ4v) is 2.33. The molecule has 0 aliphatic heterocycles. The van der Waals surface area contributed by atoms with E-state index < -0.39 is 0 Å². The third-order valence-corrected chi connectivity index (χ3v) is 4.57. The van der Waals surface area contributed by atoms with Crippen LogP contribution in [0.15, 0.2) is 10.9 Å². The highest BCUT2D eigenvalue weighted by molar-refractivity contribution is 7.99. The molecular formula is C15H23NO3S. The lowest BCUT2D eigenvalue weighted by Gasteiger charge is -2.25. The van der Waals surface area contributed by atoms with E-state index in [1.165, 1.54) is 6.07 Å². The summed E-state index contributed by atoms with van der Waals surface area (Å²) in [6.45, 7) is 10.4. The van der Waals surface area contributed by atoms with Gasteiger partial charge in [0.05, 0.1) is 12.2 Å². The highest BCUT2D eigenvalue weighted by Gasteiger charge is 2.22. The Kier molecular flexibility index (Phi) is 5.45. The molecule has 5 heteroatoms. The normalized spacial score (nSPS) is 11.5. The summed E-state index contributed by atoms with van der Waals surface area (Å²) < 4.78 is 6.67. The maximum atomic E-state index is 12.2. The predicted molar refractivity (Wildman–Crippen MR) is 83.7 cm³/mol. The maximum Gasteiger partial charge on any atom is 0.340 e. The Morgan fingerprint density at radius 1 is 1.40 bits per heavy atom. The van der Waals surface area contributed by atoms with Crippen molar-refractivity contribution < 1.29 is 9.53 Å². The van der Waals surface area contributed by atoms with E-state index in [0.29, 0.717) is 30.0 Å². The van der Waals surface area contributed by atoms with E-state index >= 15 is 0 Å². The van der Waals surface area contributed by atoms with Crippen LogP contribution in [0.1, 0.15) is 42.4 Å². The van der Waals surface area contributed by atoms with Crippen LogP contribution in [0.2, 0.25) is 0 Å². The first-order chi connectivity index (χ1) is 9.23. The largest absolute Gasteiger partial charge is 0.462 e. The molecule has 1 aromatic heterocycles. The van der Waals surface area contributed by atoms with E-state index in [4.69, 9.17) is 4.74 Å². The number of hydrogen-bond donors (Lipinski definition) is 0. The van der Waals surface area contributed by atoms with Crippen molar-refractivity contribution in [2.45, 2.75) is 45.9 Å². The number of aromatic nitrogens is 1. The van der Waals surface area contributed by atoms with Crippen LogP contribution >= 0.6 is 11.8 Å². The molecule has 0 aliphatic rings. The second-order valence-electron chi connectivity index (χ2n) is 5.40. The number of carbonyl (C=O) groups excluding carboxylic acids is 1. The van der Waals surface area contributed by atoms with E-state index in [2.05, 4.69) is 13.8 Å². The highest BCUT2D eigenvalue weighted by atomic mass is 32.2. The molecule has 1 heterocycles. The lowest BCUT2D eigenvalue weighted by molar-refractivity contribution is 0.0523. The van der Waals surface area contributed by atoms with Crippen molar-refractivity contribution in [1.82, 2.24) is 4.57 Å². The van der Waals surface area contributed by atoms with Crippen LogP contribution in [0.3, 0.4) is 0 Å². The number of aryl methyl sites for hydroxylation is 1. The van der Waals surface area contributed by atoms with Crippen molar-refractivity contribution >= 4 is 17.7 Å². The van der Waals surface area contributed by atoms with Gasteiger partial charge in [0.2, 0.25) is 0 Å². The first-order valence-electron chi connectivity index (χ1n) is 6.66. The van der Waals surface area contributed by atoms with Crippen LogP contribution in [0.5, 0.6) is 0 Å². The molecule has 4 nitrogen and oxygen atoms in total. The van der Waals surface area contributed by atoms with Gasteiger partial charge in [0, 0.05) is 23.1 Å². The quantitative estimate of drug-likeness (QED) is 0.784. The minimum atomic E-state index is -0.363. The number of rotatable bonds is 5. The lowest BCUT2D eigenvalue weighted by atomic mass is 10.1. The van der Waals surface area contributed by atoms with Gasteiger partial charge in [-0.15, -0.1) is 0 Å². The van der Waals surface area contributed by atoms with E-state index in [1.54, 1.807) is 37.1 Å². The molecule has 0 spiro atoms. The van der Waals surface area contributed by atoms with Crippen molar-refractivity contribution in [3.05, 3.63) is 33.2 Å². The Balaban J connectivity index is 3.37. The SMILES string of the molecule is CCOC(=O)c1c(C)cc(=O)n(CC(C)(C)SC)c1C. The Bertz CT molecular complexity index is 561. The van der Waals surface area contributed by atoms with E-state index in [1.807, 2.05) is 6.26 Å². The van der Waals surface area contributed by atoms with Gasteiger partial charge in [-0.25, -0.2) is 4.79 Å². The smallest absolute Gasteiger partial charge is 0.340 e. The van der Waals surface area contributed by atoms with Crippen molar-refractivity contribution in [2.75, 3.05) is 12.9 Å².